The molecular formula is C14H23N. The molecule has 1 rings (SSSR count). The lowest BCUT2D eigenvalue weighted by atomic mass is 9.99. The van der Waals surface area contributed by atoms with Crippen molar-refractivity contribution in [1.82, 2.24) is 5.32 Å². The van der Waals surface area contributed by atoms with Gasteiger partial charge in [0.25, 0.3) is 0 Å². The summed E-state index contributed by atoms with van der Waals surface area (Å²) in [5, 5.41) is 3.55. The van der Waals surface area contributed by atoms with Crippen LogP contribution in [0.3, 0.4) is 0 Å². The van der Waals surface area contributed by atoms with E-state index in [0.29, 0.717) is 6.04 Å². The van der Waals surface area contributed by atoms with Gasteiger partial charge in [-0.25, -0.2) is 0 Å². The molecule has 0 radical (unpaired) electrons. The second-order valence-corrected chi connectivity index (χ2v) is 4.57. The van der Waals surface area contributed by atoms with Gasteiger partial charge >= 0.3 is 0 Å². The fourth-order valence-corrected chi connectivity index (χ4v) is 1.91. The maximum atomic E-state index is 3.55. The van der Waals surface area contributed by atoms with Crippen LogP contribution in [0.4, 0.5) is 0 Å². The van der Waals surface area contributed by atoms with Crippen molar-refractivity contribution in [3.63, 3.8) is 0 Å². The Morgan fingerprint density at radius 3 is 2.13 bits per heavy atom. The summed E-state index contributed by atoms with van der Waals surface area (Å²) >= 11 is 0. The summed E-state index contributed by atoms with van der Waals surface area (Å²) < 4.78 is 0. The van der Waals surface area contributed by atoms with Crippen molar-refractivity contribution < 1.29 is 0 Å². The lowest BCUT2D eigenvalue weighted by Crippen LogP contribution is -2.25. The Hall–Kier alpha value is -0.820. The quantitative estimate of drug-likeness (QED) is 0.793. The van der Waals surface area contributed by atoms with Crippen LogP contribution in [0, 0.1) is 20.8 Å². The lowest BCUT2D eigenvalue weighted by Gasteiger charge is -2.15. The molecule has 1 nitrogen and oxygen atoms in total. The molecule has 0 spiro atoms. The Morgan fingerprint density at radius 1 is 1.13 bits per heavy atom. The SMILES string of the molecule is CC[C@H](C)NCc1c(C)cc(C)cc1C. The number of benzene rings is 1. The third-order valence-electron chi connectivity index (χ3n) is 3.08. The fourth-order valence-electron chi connectivity index (χ4n) is 1.91. The van der Waals surface area contributed by atoms with Crippen molar-refractivity contribution in [3.8, 4) is 0 Å². The topological polar surface area (TPSA) is 12.0 Å². The molecule has 0 fully saturated rings. The van der Waals surface area contributed by atoms with Gasteiger partial charge in [0.2, 0.25) is 0 Å². The molecule has 0 aliphatic rings. The average molecular weight is 205 g/mol. The summed E-state index contributed by atoms with van der Waals surface area (Å²) in [5.41, 5.74) is 5.63. The van der Waals surface area contributed by atoms with Crippen molar-refractivity contribution in [2.75, 3.05) is 0 Å². The van der Waals surface area contributed by atoms with E-state index in [1.54, 1.807) is 0 Å². The highest BCUT2D eigenvalue weighted by Gasteiger charge is 2.04. The van der Waals surface area contributed by atoms with Gasteiger partial charge in [-0.15, -0.1) is 0 Å². The van der Waals surface area contributed by atoms with Crippen LogP contribution in [-0.2, 0) is 6.54 Å². The first-order valence-electron chi connectivity index (χ1n) is 5.84. The van der Waals surface area contributed by atoms with Crippen LogP contribution in [0.2, 0.25) is 0 Å². The van der Waals surface area contributed by atoms with E-state index < -0.39 is 0 Å². The molecule has 0 amide bonds. The van der Waals surface area contributed by atoms with E-state index in [1.807, 2.05) is 0 Å². The molecule has 0 aliphatic heterocycles. The molecule has 0 aliphatic carbocycles. The van der Waals surface area contributed by atoms with E-state index in [1.165, 1.54) is 28.7 Å². The van der Waals surface area contributed by atoms with Gasteiger partial charge in [-0.05, 0) is 50.8 Å². The minimum absolute atomic E-state index is 0.602. The molecule has 0 unspecified atom stereocenters. The molecule has 15 heavy (non-hydrogen) atoms. The minimum atomic E-state index is 0.602. The maximum Gasteiger partial charge on any atom is 0.0213 e. The van der Waals surface area contributed by atoms with Gasteiger partial charge in [0.1, 0.15) is 0 Å². The molecule has 1 atom stereocenters. The third-order valence-corrected chi connectivity index (χ3v) is 3.08. The first kappa shape index (κ1) is 12.3. The van der Waals surface area contributed by atoms with Gasteiger partial charge in [-0.3, -0.25) is 0 Å². The van der Waals surface area contributed by atoms with E-state index in [9.17, 15) is 0 Å². The monoisotopic (exact) mass is 205 g/mol. The van der Waals surface area contributed by atoms with Crippen molar-refractivity contribution in [3.05, 3.63) is 34.4 Å². The molecule has 1 heteroatoms. The predicted octanol–water partition coefficient (Wildman–Crippen LogP) is 3.50. The Labute approximate surface area is 93.9 Å². The van der Waals surface area contributed by atoms with E-state index in [4.69, 9.17) is 0 Å². The number of nitrogens with one attached hydrogen (secondary N) is 1. The molecule has 1 N–H and O–H groups in total. The summed E-state index contributed by atoms with van der Waals surface area (Å²) in [6.45, 7) is 12.0. The van der Waals surface area contributed by atoms with Crippen LogP contribution < -0.4 is 5.32 Å². The van der Waals surface area contributed by atoms with Crippen molar-refractivity contribution in [2.24, 2.45) is 0 Å². The van der Waals surface area contributed by atoms with Crippen LogP contribution in [0.15, 0.2) is 12.1 Å². The predicted molar refractivity (Wildman–Crippen MR) is 67.2 cm³/mol. The van der Waals surface area contributed by atoms with Crippen molar-refractivity contribution in [1.29, 1.82) is 0 Å². The molecule has 0 heterocycles. The smallest absolute Gasteiger partial charge is 0.0213 e. The van der Waals surface area contributed by atoms with Gasteiger partial charge in [0.15, 0.2) is 0 Å². The minimum Gasteiger partial charge on any atom is -0.310 e. The first-order chi connectivity index (χ1) is 7.04. The molecule has 1 aromatic carbocycles. The van der Waals surface area contributed by atoms with Crippen molar-refractivity contribution >= 4 is 0 Å². The summed E-state index contributed by atoms with van der Waals surface area (Å²) in [4.78, 5) is 0. The third kappa shape index (κ3) is 3.35. The standard InChI is InChI=1S/C14H23N/c1-6-13(5)15-9-14-11(3)7-10(2)8-12(14)4/h7-8,13,15H,6,9H2,1-5H3/t13-/m0/s1. The van der Waals surface area contributed by atoms with E-state index >= 15 is 0 Å². The highest BCUT2D eigenvalue weighted by atomic mass is 14.9. The Bertz CT molecular complexity index is 305. The zero-order valence-corrected chi connectivity index (χ0v) is 10.6. The number of aryl methyl sites for hydroxylation is 3. The Morgan fingerprint density at radius 2 is 1.67 bits per heavy atom. The molecule has 1 aromatic rings. The Balaban J connectivity index is 2.77. The maximum absolute atomic E-state index is 3.55. The van der Waals surface area contributed by atoms with E-state index in [0.717, 1.165) is 6.54 Å². The summed E-state index contributed by atoms with van der Waals surface area (Å²) in [6, 6.07) is 5.13. The van der Waals surface area contributed by atoms with Crippen LogP contribution in [0.25, 0.3) is 0 Å². The van der Waals surface area contributed by atoms with Gasteiger partial charge in [-0.2, -0.15) is 0 Å². The van der Waals surface area contributed by atoms with E-state index in [-0.39, 0.29) is 0 Å². The zero-order chi connectivity index (χ0) is 11.4. The van der Waals surface area contributed by atoms with Crippen LogP contribution >= 0.6 is 0 Å². The fraction of sp³-hybridized carbons (Fsp3) is 0.571. The highest BCUT2D eigenvalue weighted by Crippen LogP contribution is 2.16. The van der Waals surface area contributed by atoms with Crippen molar-refractivity contribution in [2.45, 2.75) is 53.6 Å². The van der Waals surface area contributed by atoms with Crippen LogP contribution in [0.5, 0.6) is 0 Å². The summed E-state index contributed by atoms with van der Waals surface area (Å²) in [6.07, 6.45) is 1.18. The average Bonchev–Trinajstić information content (AvgIpc) is 2.15. The number of hydrogen-bond acceptors (Lipinski definition) is 1. The number of hydrogen-bond donors (Lipinski definition) is 1. The zero-order valence-electron chi connectivity index (χ0n) is 10.6. The first-order valence-corrected chi connectivity index (χ1v) is 5.84. The van der Waals surface area contributed by atoms with Gasteiger partial charge in [0.05, 0.1) is 0 Å². The highest BCUT2D eigenvalue weighted by molar-refractivity contribution is 5.37. The normalized spacial score (nSPS) is 12.9. The van der Waals surface area contributed by atoms with Gasteiger partial charge in [0, 0.05) is 12.6 Å². The molecule has 0 saturated heterocycles. The Kier molecular flexibility index (Phi) is 4.34. The second-order valence-electron chi connectivity index (χ2n) is 4.57. The molecule has 0 aromatic heterocycles. The van der Waals surface area contributed by atoms with Gasteiger partial charge < -0.3 is 5.32 Å². The molecule has 84 valence electrons. The summed E-state index contributed by atoms with van der Waals surface area (Å²) in [5.74, 6) is 0. The number of rotatable bonds is 4. The van der Waals surface area contributed by atoms with Crippen LogP contribution in [-0.4, -0.2) is 6.04 Å². The second kappa shape index (κ2) is 5.32. The molecule has 0 saturated carbocycles. The van der Waals surface area contributed by atoms with Crippen LogP contribution in [0.1, 0.15) is 42.5 Å². The van der Waals surface area contributed by atoms with E-state index in [2.05, 4.69) is 52.1 Å². The lowest BCUT2D eigenvalue weighted by molar-refractivity contribution is 0.532. The van der Waals surface area contributed by atoms with Gasteiger partial charge in [-0.1, -0.05) is 24.6 Å². The molecule has 0 bridgehead atoms. The summed E-state index contributed by atoms with van der Waals surface area (Å²) in [7, 11) is 0. The largest absolute Gasteiger partial charge is 0.310 e. The molecular weight excluding hydrogens is 182 g/mol.